The van der Waals surface area contributed by atoms with Crippen molar-refractivity contribution in [3.63, 3.8) is 0 Å². The summed E-state index contributed by atoms with van der Waals surface area (Å²) in [6, 6.07) is 11.4. The molecule has 0 fully saturated rings. The lowest BCUT2D eigenvalue weighted by atomic mass is 10.1. The van der Waals surface area contributed by atoms with E-state index in [-0.39, 0.29) is 11.9 Å². The molecule has 0 radical (unpaired) electrons. The van der Waals surface area contributed by atoms with Crippen LogP contribution in [0, 0.1) is 0 Å². The third-order valence-electron chi connectivity index (χ3n) is 3.71. The van der Waals surface area contributed by atoms with Gasteiger partial charge in [0.1, 0.15) is 5.69 Å². The van der Waals surface area contributed by atoms with Gasteiger partial charge >= 0.3 is 0 Å². The molecule has 0 saturated carbocycles. The molecule has 0 spiro atoms. The highest BCUT2D eigenvalue weighted by atomic mass is 16.1. The minimum Gasteiger partial charge on any atom is -0.344 e. The second kappa shape index (κ2) is 8.27. The van der Waals surface area contributed by atoms with Crippen molar-refractivity contribution in [1.29, 1.82) is 0 Å². The summed E-state index contributed by atoms with van der Waals surface area (Å²) >= 11 is 0. The number of amides is 1. The Bertz CT molecular complexity index is 630. The molecule has 1 aromatic heterocycles. The average Bonchev–Trinajstić information content (AvgIpc) is 2.60. The molecule has 1 heterocycles. The highest BCUT2D eigenvalue weighted by Gasteiger charge is 2.14. The van der Waals surface area contributed by atoms with E-state index in [1.807, 2.05) is 49.2 Å². The summed E-state index contributed by atoms with van der Waals surface area (Å²) in [5.74, 6) is 0.396. The number of anilines is 1. The second-order valence-electron chi connectivity index (χ2n) is 5.62. The van der Waals surface area contributed by atoms with Gasteiger partial charge in [-0.3, -0.25) is 4.79 Å². The molecule has 0 saturated heterocycles. The molecule has 1 aromatic carbocycles. The number of carbonyl (C=O) groups excluding carboxylic acids is 1. The quantitative estimate of drug-likeness (QED) is 0.853. The molecule has 0 aliphatic carbocycles. The van der Waals surface area contributed by atoms with Crippen LogP contribution < -0.4 is 10.2 Å². The third kappa shape index (κ3) is 4.77. The lowest BCUT2D eigenvalue weighted by Crippen LogP contribution is -2.28. The van der Waals surface area contributed by atoms with Gasteiger partial charge in [-0.05, 0) is 25.0 Å². The maximum Gasteiger partial charge on any atom is 0.270 e. The molecule has 23 heavy (non-hydrogen) atoms. The smallest absolute Gasteiger partial charge is 0.270 e. The van der Waals surface area contributed by atoms with Crippen LogP contribution in [-0.2, 0) is 0 Å². The van der Waals surface area contributed by atoms with E-state index in [0.29, 0.717) is 11.6 Å². The maximum atomic E-state index is 12.4. The predicted molar refractivity (Wildman–Crippen MR) is 92.5 cm³/mol. The summed E-state index contributed by atoms with van der Waals surface area (Å²) in [6.45, 7) is 4.98. The highest BCUT2D eigenvalue weighted by molar-refractivity contribution is 5.92. The monoisotopic (exact) mass is 312 g/mol. The van der Waals surface area contributed by atoms with E-state index in [0.717, 1.165) is 24.9 Å². The maximum absolute atomic E-state index is 12.4. The number of aromatic nitrogens is 2. The van der Waals surface area contributed by atoms with Crippen LogP contribution in [0.3, 0.4) is 0 Å². The van der Waals surface area contributed by atoms with E-state index in [2.05, 4.69) is 22.2 Å². The van der Waals surface area contributed by atoms with Crippen LogP contribution in [-0.4, -0.2) is 29.5 Å². The van der Waals surface area contributed by atoms with Crippen LogP contribution in [0.5, 0.6) is 0 Å². The Kier molecular flexibility index (Phi) is 6.09. The number of unbranched alkanes of at least 4 members (excludes halogenated alkanes) is 1. The number of benzene rings is 1. The van der Waals surface area contributed by atoms with Crippen LogP contribution in [0.15, 0.2) is 42.6 Å². The first kappa shape index (κ1) is 16.9. The first-order valence-electron chi connectivity index (χ1n) is 8.01. The summed E-state index contributed by atoms with van der Waals surface area (Å²) in [6.07, 6.45) is 3.81. The van der Waals surface area contributed by atoms with Crippen molar-refractivity contribution in [1.82, 2.24) is 15.3 Å². The van der Waals surface area contributed by atoms with Gasteiger partial charge in [0, 0.05) is 19.8 Å². The minimum atomic E-state index is -0.186. The first-order chi connectivity index (χ1) is 11.1. The molecule has 1 amide bonds. The number of rotatable bonds is 7. The molecular weight excluding hydrogens is 288 g/mol. The number of carbonyl (C=O) groups is 1. The van der Waals surface area contributed by atoms with Crippen LogP contribution in [0.1, 0.15) is 48.8 Å². The highest BCUT2D eigenvalue weighted by Crippen LogP contribution is 2.13. The van der Waals surface area contributed by atoms with Crippen LogP contribution in [0.25, 0.3) is 0 Å². The van der Waals surface area contributed by atoms with E-state index in [1.54, 1.807) is 12.3 Å². The fourth-order valence-corrected chi connectivity index (χ4v) is 2.25. The lowest BCUT2D eigenvalue weighted by Gasteiger charge is -2.17. The van der Waals surface area contributed by atoms with Crippen molar-refractivity contribution < 1.29 is 4.79 Å². The Balaban J connectivity index is 2.05. The van der Waals surface area contributed by atoms with Gasteiger partial charge in [-0.1, -0.05) is 43.7 Å². The van der Waals surface area contributed by atoms with Crippen molar-refractivity contribution in [3.8, 4) is 0 Å². The molecule has 0 aliphatic rings. The van der Waals surface area contributed by atoms with Crippen LogP contribution >= 0.6 is 0 Å². The van der Waals surface area contributed by atoms with Gasteiger partial charge in [0.15, 0.2) is 0 Å². The van der Waals surface area contributed by atoms with Gasteiger partial charge in [0.25, 0.3) is 5.91 Å². The average molecular weight is 312 g/mol. The van der Waals surface area contributed by atoms with E-state index in [1.165, 1.54) is 0 Å². The molecule has 0 bridgehead atoms. The van der Waals surface area contributed by atoms with E-state index >= 15 is 0 Å². The molecule has 122 valence electrons. The van der Waals surface area contributed by atoms with Gasteiger partial charge in [0.05, 0.1) is 6.04 Å². The Morgan fingerprint density at radius 3 is 2.70 bits per heavy atom. The number of nitrogens with zero attached hydrogens (tertiary/aromatic N) is 3. The first-order valence-corrected chi connectivity index (χ1v) is 8.01. The van der Waals surface area contributed by atoms with E-state index in [4.69, 9.17) is 0 Å². The van der Waals surface area contributed by atoms with Crippen LogP contribution in [0.2, 0.25) is 0 Å². The third-order valence-corrected chi connectivity index (χ3v) is 3.71. The Morgan fingerprint density at radius 1 is 1.26 bits per heavy atom. The van der Waals surface area contributed by atoms with Crippen molar-refractivity contribution in [2.24, 2.45) is 0 Å². The molecule has 2 aromatic rings. The Hall–Kier alpha value is -2.43. The molecule has 2 rings (SSSR count). The van der Waals surface area contributed by atoms with Gasteiger partial charge < -0.3 is 10.2 Å². The minimum absolute atomic E-state index is 0.0695. The molecule has 1 atom stereocenters. The zero-order valence-electron chi connectivity index (χ0n) is 14.0. The molecule has 0 aliphatic heterocycles. The fraction of sp³-hybridized carbons (Fsp3) is 0.389. The van der Waals surface area contributed by atoms with Crippen molar-refractivity contribution in [2.45, 2.75) is 32.7 Å². The summed E-state index contributed by atoms with van der Waals surface area (Å²) in [5, 5.41) is 2.97. The zero-order chi connectivity index (χ0) is 16.7. The van der Waals surface area contributed by atoms with Gasteiger partial charge in [0.2, 0.25) is 5.95 Å². The molecule has 1 N–H and O–H groups in total. The van der Waals surface area contributed by atoms with Crippen molar-refractivity contribution in [2.75, 3.05) is 18.5 Å². The lowest BCUT2D eigenvalue weighted by molar-refractivity contribution is 0.0934. The van der Waals surface area contributed by atoms with Gasteiger partial charge in [-0.2, -0.15) is 0 Å². The second-order valence-corrected chi connectivity index (χ2v) is 5.62. The largest absolute Gasteiger partial charge is 0.344 e. The molecule has 1 unspecified atom stereocenters. The summed E-state index contributed by atoms with van der Waals surface area (Å²) in [4.78, 5) is 23.0. The normalized spacial score (nSPS) is 11.8. The zero-order valence-corrected chi connectivity index (χ0v) is 14.0. The summed E-state index contributed by atoms with van der Waals surface area (Å²) < 4.78 is 0. The fourth-order valence-electron chi connectivity index (χ4n) is 2.25. The van der Waals surface area contributed by atoms with Crippen LogP contribution in [0.4, 0.5) is 5.95 Å². The standard InChI is InChI=1S/C18H24N4O/c1-4-5-13-22(3)18-19-12-11-16(21-18)17(23)20-14(2)15-9-7-6-8-10-15/h6-12,14H,4-5,13H2,1-3H3,(H,20,23). The van der Waals surface area contributed by atoms with Gasteiger partial charge in [-0.25, -0.2) is 9.97 Å². The Morgan fingerprint density at radius 2 is 2.00 bits per heavy atom. The number of hydrogen-bond acceptors (Lipinski definition) is 4. The molecule has 5 heteroatoms. The molecule has 5 nitrogen and oxygen atoms in total. The van der Waals surface area contributed by atoms with Gasteiger partial charge in [-0.15, -0.1) is 0 Å². The van der Waals surface area contributed by atoms with E-state index < -0.39 is 0 Å². The topological polar surface area (TPSA) is 58.1 Å². The summed E-state index contributed by atoms with van der Waals surface area (Å²) in [5.41, 5.74) is 1.45. The Labute approximate surface area is 137 Å². The SMILES string of the molecule is CCCCN(C)c1nccc(C(=O)NC(C)c2ccccc2)n1. The van der Waals surface area contributed by atoms with Crippen molar-refractivity contribution in [3.05, 3.63) is 53.9 Å². The summed E-state index contributed by atoms with van der Waals surface area (Å²) in [7, 11) is 1.94. The molecular formula is C18H24N4O. The van der Waals surface area contributed by atoms with E-state index in [9.17, 15) is 4.79 Å². The predicted octanol–water partition coefficient (Wildman–Crippen LogP) is 3.20. The number of nitrogens with one attached hydrogen (secondary N) is 1. The number of hydrogen-bond donors (Lipinski definition) is 1. The van der Waals surface area contributed by atoms with Crippen molar-refractivity contribution >= 4 is 11.9 Å².